The van der Waals surface area contributed by atoms with E-state index in [1.807, 2.05) is 34.6 Å². The smallest absolute Gasteiger partial charge is 0.307 e. The molecule has 1 aliphatic carbocycles. The molecule has 0 radical (unpaired) electrons. The topological polar surface area (TPSA) is 66.4 Å². The van der Waals surface area contributed by atoms with Crippen molar-refractivity contribution in [3.63, 3.8) is 0 Å². The van der Waals surface area contributed by atoms with Crippen LogP contribution in [0.3, 0.4) is 0 Å². The first-order chi connectivity index (χ1) is 7.19. The van der Waals surface area contributed by atoms with Crippen molar-refractivity contribution < 1.29 is 14.7 Å². The maximum atomic E-state index is 11.9. The highest BCUT2D eigenvalue weighted by Crippen LogP contribution is 2.58. The van der Waals surface area contributed by atoms with E-state index in [4.69, 9.17) is 5.11 Å². The molecule has 0 aromatic heterocycles. The molecule has 4 heteroatoms. The zero-order chi connectivity index (χ0) is 12.7. The molecule has 16 heavy (non-hydrogen) atoms. The summed E-state index contributed by atoms with van der Waals surface area (Å²) in [5.74, 6) is -1.56. The Labute approximate surface area is 96.4 Å². The lowest BCUT2D eigenvalue weighted by atomic mass is 10.1. The molecule has 1 fully saturated rings. The normalized spacial score (nSPS) is 28.6. The van der Waals surface area contributed by atoms with Gasteiger partial charge in [-0.15, -0.1) is 0 Å². The second kappa shape index (κ2) is 4.07. The Kier molecular flexibility index (Phi) is 3.31. The first-order valence-corrected chi connectivity index (χ1v) is 5.72. The highest BCUT2D eigenvalue weighted by molar-refractivity contribution is 5.91. The van der Waals surface area contributed by atoms with Gasteiger partial charge in [0.05, 0.1) is 11.8 Å². The van der Waals surface area contributed by atoms with Crippen LogP contribution in [0.5, 0.6) is 0 Å². The van der Waals surface area contributed by atoms with Crippen LogP contribution in [0.15, 0.2) is 0 Å². The van der Waals surface area contributed by atoms with E-state index < -0.39 is 17.3 Å². The van der Waals surface area contributed by atoms with E-state index in [2.05, 4.69) is 5.32 Å². The third-order valence-electron chi connectivity index (χ3n) is 3.75. The molecule has 1 rings (SSSR count). The molecule has 92 valence electrons. The number of rotatable bonds is 4. The highest BCUT2D eigenvalue weighted by Gasteiger charge is 2.65. The summed E-state index contributed by atoms with van der Waals surface area (Å²) in [5.41, 5.74) is -0.410. The molecule has 1 saturated carbocycles. The molecule has 4 nitrogen and oxygen atoms in total. The van der Waals surface area contributed by atoms with Gasteiger partial charge in [-0.2, -0.15) is 0 Å². The summed E-state index contributed by atoms with van der Waals surface area (Å²) >= 11 is 0. The molecule has 1 amide bonds. The predicted molar refractivity (Wildman–Crippen MR) is 60.8 cm³/mol. The molecular formula is C12H21NO3. The standard InChI is InChI=1S/C12H21NO3/c1-6(2)7(3)13-10(14)8-9(11(15)16)12(8,4)5/h6-9H,1-5H3,(H,13,14)(H,15,16). The molecule has 3 unspecified atom stereocenters. The average molecular weight is 227 g/mol. The molecule has 2 N–H and O–H groups in total. The summed E-state index contributed by atoms with van der Waals surface area (Å²) < 4.78 is 0. The van der Waals surface area contributed by atoms with Crippen LogP contribution in [-0.4, -0.2) is 23.0 Å². The number of carboxylic acid groups (broad SMARTS) is 1. The number of amides is 1. The quantitative estimate of drug-likeness (QED) is 0.765. The Morgan fingerprint density at radius 1 is 1.19 bits per heavy atom. The number of hydrogen-bond donors (Lipinski definition) is 2. The van der Waals surface area contributed by atoms with Crippen molar-refractivity contribution in [3.8, 4) is 0 Å². The van der Waals surface area contributed by atoms with E-state index in [0.29, 0.717) is 5.92 Å². The van der Waals surface area contributed by atoms with Gasteiger partial charge in [0.1, 0.15) is 0 Å². The van der Waals surface area contributed by atoms with Crippen LogP contribution in [0.4, 0.5) is 0 Å². The first kappa shape index (κ1) is 13.0. The summed E-state index contributed by atoms with van der Waals surface area (Å²) in [4.78, 5) is 22.8. The van der Waals surface area contributed by atoms with Gasteiger partial charge in [-0.05, 0) is 18.3 Å². The van der Waals surface area contributed by atoms with Crippen molar-refractivity contribution in [1.82, 2.24) is 5.32 Å². The molecule has 0 aliphatic heterocycles. The SMILES string of the molecule is CC(C)C(C)NC(=O)C1C(C(=O)O)C1(C)C. The first-order valence-electron chi connectivity index (χ1n) is 5.72. The summed E-state index contributed by atoms with van der Waals surface area (Å²) in [5, 5.41) is 11.9. The maximum Gasteiger partial charge on any atom is 0.307 e. The Morgan fingerprint density at radius 2 is 1.69 bits per heavy atom. The van der Waals surface area contributed by atoms with Gasteiger partial charge in [0.15, 0.2) is 0 Å². The molecule has 1 aliphatic rings. The fraction of sp³-hybridized carbons (Fsp3) is 0.833. The fourth-order valence-corrected chi connectivity index (χ4v) is 2.07. The Hall–Kier alpha value is -1.06. The zero-order valence-corrected chi connectivity index (χ0v) is 10.6. The number of aliphatic carboxylic acids is 1. The molecule has 3 atom stereocenters. The summed E-state index contributed by atoms with van der Waals surface area (Å²) in [7, 11) is 0. The van der Waals surface area contributed by atoms with Crippen LogP contribution in [0.25, 0.3) is 0 Å². The van der Waals surface area contributed by atoms with Crippen LogP contribution < -0.4 is 5.32 Å². The lowest BCUT2D eigenvalue weighted by Gasteiger charge is -2.17. The van der Waals surface area contributed by atoms with Gasteiger partial charge in [0.2, 0.25) is 5.91 Å². The number of carboxylic acids is 1. The fourth-order valence-electron chi connectivity index (χ4n) is 2.07. The van der Waals surface area contributed by atoms with Gasteiger partial charge in [-0.1, -0.05) is 27.7 Å². The van der Waals surface area contributed by atoms with Crippen molar-refractivity contribution in [2.45, 2.75) is 40.7 Å². The van der Waals surface area contributed by atoms with Crippen molar-refractivity contribution >= 4 is 11.9 Å². The highest BCUT2D eigenvalue weighted by atomic mass is 16.4. The van der Waals surface area contributed by atoms with Crippen molar-refractivity contribution in [2.24, 2.45) is 23.2 Å². The number of carbonyl (C=O) groups excluding carboxylic acids is 1. The monoisotopic (exact) mass is 227 g/mol. The Bertz CT molecular complexity index is 309. The molecule has 0 aromatic carbocycles. The lowest BCUT2D eigenvalue weighted by molar-refractivity contribution is -0.140. The van der Waals surface area contributed by atoms with Gasteiger partial charge in [-0.3, -0.25) is 9.59 Å². The van der Waals surface area contributed by atoms with E-state index in [0.717, 1.165) is 0 Å². The molecule has 0 spiro atoms. The minimum Gasteiger partial charge on any atom is -0.481 e. The zero-order valence-electron chi connectivity index (χ0n) is 10.6. The number of carbonyl (C=O) groups is 2. The number of hydrogen-bond acceptors (Lipinski definition) is 2. The Morgan fingerprint density at radius 3 is 2.00 bits per heavy atom. The molecular weight excluding hydrogens is 206 g/mol. The number of nitrogens with one attached hydrogen (secondary N) is 1. The van der Waals surface area contributed by atoms with Gasteiger partial charge >= 0.3 is 5.97 Å². The molecule has 0 heterocycles. The van der Waals surface area contributed by atoms with E-state index >= 15 is 0 Å². The van der Waals surface area contributed by atoms with Gasteiger partial charge < -0.3 is 10.4 Å². The van der Waals surface area contributed by atoms with Gasteiger partial charge in [0, 0.05) is 6.04 Å². The third kappa shape index (κ3) is 2.20. The van der Waals surface area contributed by atoms with Crippen LogP contribution in [0.2, 0.25) is 0 Å². The van der Waals surface area contributed by atoms with Crippen LogP contribution in [0, 0.1) is 23.2 Å². The second-order valence-corrected chi connectivity index (χ2v) is 5.66. The molecule has 0 aromatic rings. The van der Waals surface area contributed by atoms with E-state index in [9.17, 15) is 9.59 Å². The van der Waals surface area contributed by atoms with Crippen molar-refractivity contribution in [3.05, 3.63) is 0 Å². The minimum atomic E-state index is -0.873. The van der Waals surface area contributed by atoms with Gasteiger partial charge in [0.25, 0.3) is 0 Å². The maximum absolute atomic E-state index is 11.9. The Balaban J connectivity index is 2.61. The van der Waals surface area contributed by atoms with E-state index in [-0.39, 0.29) is 17.9 Å². The van der Waals surface area contributed by atoms with Crippen LogP contribution >= 0.6 is 0 Å². The average Bonchev–Trinajstić information content (AvgIpc) is 2.68. The molecule has 0 saturated heterocycles. The lowest BCUT2D eigenvalue weighted by Crippen LogP contribution is -2.38. The van der Waals surface area contributed by atoms with Crippen LogP contribution in [-0.2, 0) is 9.59 Å². The predicted octanol–water partition coefficient (Wildman–Crippen LogP) is 1.50. The summed E-state index contributed by atoms with van der Waals surface area (Å²) in [6, 6.07) is 0.0818. The van der Waals surface area contributed by atoms with Crippen molar-refractivity contribution in [1.29, 1.82) is 0 Å². The van der Waals surface area contributed by atoms with Crippen LogP contribution in [0.1, 0.15) is 34.6 Å². The third-order valence-corrected chi connectivity index (χ3v) is 3.75. The van der Waals surface area contributed by atoms with Crippen molar-refractivity contribution in [2.75, 3.05) is 0 Å². The largest absolute Gasteiger partial charge is 0.481 e. The van der Waals surface area contributed by atoms with Gasteiger partial charge in [-0.25, -0.2) is 0 Å². The molecule has 0 bridgehead atoms. The summed E-state index contributed by atoms with van der Waals surface area (Å²) in [6.45, 7) is 9.65. The second-order valence-electron chi connectivity index (χ2n) is 5.66. The van der Waals surface area contributed by atoms with E-state index in [1.54, 1.807) is 0 Å². The minimum absolute atomic E-state index is 0.0818. The van der Waals surface area contributed by atoms with E-state index in [1.165, 1.54) is 0 Å². The summed E-state index contributed by atoms with van der Waals surface area (Å²) in [6.07, 6.45) is 0.